The minimum absolute atomic E-state index is 0.325. The van der Waals surface area contributed by atoms with Gasteiger partial charge in [0.1, 0.15) is 0 Å². The Balaban J connectivity index is 1.97. The second-order valence-electron chi connectivity index (χ2n) is 4.94. The van der Waals surface area contributed by atoms with Crippen molar-refractivity contribution in [2.24, 2.45) is 0 Å². The van der Waals surface area contributed by atoms with E-state index in [0.717, 1.165) is 5.56 Å². The van der Waals surface area contributed by atoms with Crippen molar-refractivity contribution in [3.05, 3.63) is 71.8 Å². The number of hydrogen-bond acceptors (Lipinski definition) is 2. The molecule has 1 aliphatic rings. The van der Waals surface area contributed by atoms with Crippen LogP contribution in [0.1, 0.15) is 23.7 Å². The van der Waals surface area contributed by atoms with E-state index in [9.17, 15) is 5.11 Å². The highest BCUT2D eigenvalue weighted by molar-refractivity contribution is 6.49. The van der Waals surface area contributed by atoms with Gasteiger partial charge in [-0.2, -0.15) is 0 Å². The molecule has 2 aromatic rings. The predicted molar refractivity (Wildman–Crippen MR) is 79.7 cm³/mol. The summed E-state index contributed by atoms with van der Waals surface area (Å²) >= 11 is 12.7. The summed E-state index contributed by atoms with van der Waals surface area (Å²) in [6, 6.07) is 18.6. The fraction of sp³-hybridized carbons (Fsp3) is 0.250. The molecular formula is C16H14Cl2O2. The van der Waals surface area contributed by atoms with Crippen LogP contribution >= 0.6 is 23.2 Å². The Morgan fingerprint density at radius 2 is 1.50 bits per heavy atom. The molecular weight excluding hydrogens is 295 g/mol. The van der Waals surface area contributed by atoms with Gasteiger partial charge in [0.2, 0.25) is 5.79 Å². The zero-order valence-electron chi connectivity index (χ0n) is 10.7. The summed E-state index contributed by atoms with van der Waals surface area (Å²) in [5.41, 5.74) is 1.51. The summed E-state index contributed by atoms with van der Waals surface area (Å²) in [7, 11) is 0. The van der Waals surface area contributed by atoms with E-state index in [-0.39, 0.29) is 6.10 Å². The number of ether oxygens (including phenoxy) is 1. The Kier molecular flexibility index (Phi) is 3.51. The van der Waals surface area contributed by atoms with Gasteiger partial charge in [-0.1, -0.05) is 83.9 Å². The average Bonchev–Trinajstić information content (AvgIpc) is 2.72. The first-order valence-electron chi connectivity index (χ1n) is 6.41. The van der Waals surface area contributed by atoms with E-state index >= 15 is 0 Å². The molecule has 0 aliphatic carbocycles. The van der Waals surface area contributed by atoms with Gasteiger partial charge < -0.3 is 9.84 Å². The maximum atomic E-state index is 10.8. The first kappa shape index (κ1) is 13.9. The Labute approximate surface area is 127 Å². The Morgan fingerprint density at radius 1 is 0.950 bits per heavy atom. The highest BCUT2D eigenvalue weighted by Gasteiger charge is 2.59. The predicted octanol–water partition coefficient (Wildman–Crippen LogP) is 4.17. The maximum Gasteiger partial charge on any atom is 0.227 e. The molecule has 104 valence electrons. The fourth-order valence-electron chi connectivity index (χ4n) is 2.50. The molecule has 0 amide bonds. The summed E-state index contributed by atoms with van der Waals surface area (Å²) in [6.07, 6.45) is -0.0117. The summed E-state index contributed by atoms with van der Waals surface area (Å²) in [4.78, 5) is 0. The van der Waals surface area contributed by atoms with Crippen LogP contribution in [-0.2, 0) is 10.5 Å². The van der Waals surface area contributed by atoms with Crippen molar-refractivity contribution in [3.63, 3.8) is 0 Å². The molecule has 0 aromatic heterocycles. The van der Waals surface area contributed by atoms with Crippen molar-refractivity contribution in [3.8, 4) is 0 Å². The lowest BCUT2D eigenvalue weighted by Gasteiger charge is -2.31. The van der Waals surface area contributed by atoms with Crippen LogP contribution in [0.25, 0.3) is 0 Å². The molecule has 0 spiro atoms. The lowest BCUT2D eigenvalue weighted by molar-refractivity contribution is -0.205. The topological polar surface area (TPSA) is 29.5 Å². The van der Waals surface area contributed by atoms with Crippen molar-refractivity contribution in [2.75, 3.05) is 0 Å². The minimum Gasteiger partial charge on any atom is -0.359 e. The largest absolute Gasteiger partial charge is 0.359 e. The van der Waals surface area contributed by atoms with Gasteiger partial charge in [-0.25, -0.2) is 0 Å². The second-order valence-corrected chi connectivity index (χ2v) is 6.42. The Hall–Kier alpha value is -1.06. The molecule has 2 nitrogen and oxygen atoms in total. The van der Waals surface area contributed by atoms with E-state index < -0.39 is 10.1 Å². The fourth-order valence-corrected chi connectivity index (χ4v) is 3.09. The highest BCUT2D eigenvalue weighted by Crippen LogP contribution is 2.56. The number of benzene rings is 2. The zero-order chi connectivity index (χ0) is 14.2. The molecule has 1 N–H and O–H groups in total. The average molecular weight is 309 g/mol. The normalized spacial score (nSPS) is 28.4. The maximum absolute atomic E-state index is 10.8. The van der Waals surface area contributed by atoms with E-state index in [2.05, 4.69) is 0 Å². The number of hydrogen-bond donors (Lipinski definition) is 1. The molecule has 1 aliphatic heterocycles. The van der Waals surface area contributed by atoms with E-state index in [4.69, 9.17) is 27.9 Å². The van der Waals surface area contributed by atoms with Crippen molar-refractivity contribution in [1.82, 2.24) is 0 Å². The monoisotopic (exact) mass is 308 g/mol. The van der Waals surface area contributed by atoms with E-state index in [1.54, 1.807) is 12.1 Å². The number of rotatable bonds is 2. The molecule has 1 fully saturated rings. The Morgan fingerprint density at radius 3 is 2.10 bits per heavy atom. The second kappa shape index (κ2) is 5.05. The molecule has 3 rings (SSSR count). The number of alkyl halides is 2. The van der Waals surface area contributed by atoms with Crippen LogP contribution in [0.5, 0.6) is 0 Å². The van der Waals surface area contributed by atoms with Crippen LogP contribution in [-0.4, -0.2) is 9.44 Å². The van der Waals surface area contributed by atoms with Crippen LogP contribution < -0.4 is 0 Å². The summed E-state index contributed by atoms with van der Waals surface area (Å²) < 4.78 is 4.43. The first-order chi connectivity index (χ1) is 9.53. The Bertz CT molecular complexity index is 586. The van der Waals surface area contributed by atoms with Crippen molar-refractivity contribution in [1.29, 1.82) is 0 Å². The summed E-state index contributed by atoms with van der Waals surface area (Å²) in [5, 5.41) is 10.8. The van der Waals surface area contributed by atoms with Crippen molar-refractivity contribution in [2.45, 2.75) is 22.6 Å². The lowest BCUT2D eigenvalue weighted by atomic mass is 10.00. The molecule has 2 aromatic carbocycles. The number of aliphatic hydroxyl groups is 1. The van der Waals surface area contributed by atoms with Gasteiger partial charge in [0.15, 0.2) is 4.33 Å². The van der Waals surface area contributed by atoms with Gasteiger partial charge in [0.05, 0.1) is 6.10 Å². The minimum atomic E-state index is -1.71. The number of halogens is 2. The molecule has 20 heavy (non-hydrogen) atoms. The SMILES string of the molecule is OC1(c2ccccc2)OC(c2ccccc2)CC1(Cl)Cl. The van der Waals surface area contributed by atoms with Crippen molar-refractivity contribution >= 4 is 23.2 Å². The summed E-state index contributed by atoms with van der Waals surface area (Å²) in [6.45, 7) is 0. The molecule has 1 saturated heterocycles. The summed E-state index contributed by atoms with van der Waals surface area (Å²) in [5.74, 6) is -1.71. The standard InChI is InChI=1S/C16H14Cl2O2/c17-15(18)11-14(12-7-3-1-4-8-12)20-16(15,19)13-9-5-2-6-10-13/h1-10,14,19H,11H2. The quantitative estimate of drug-likeness (QED) is 0.844. The van der Waals surface area contributed by atoms with E-state index in [1.807, 2.05) is 48.5 Å². The van der Waals surface area contributed by atoms with E-state index in [1.165, 1.54) is 0 Å². The highest BCUT2D eigenvalue weighted by atomic mass is 35.5. The van der Waals surface area contributed by atoms with Crippen LogP contribution in [0.2, 0.25) is 0 Å². The molecule has 4 heteroatoms. The molecule has 0 bridgehead atoms. The third kappa shape index (κ3) is 2.23. The van der Waals surface area contributed by atoms with Crippen molar-refractivity contribution < 1.29 is 9.84 Å². The third-order valence-electron chi connectivity index (χ3n) is 3.59. The smallest absolute Gasteiger partial charge is 0.227 e. The van der Waals surface area contributed by atoms with Gasteiger partial charge >= 0.3 is 0 Å². The van der Waals surface area contributed by atoms with Crippen LogP contribution in [0.15, 0.2) is 60.7 Å². The van der Waals surface area contributed by atoms with Gasteiger partial charge in [0, 0.05) is 12.0 Å². The molecule has 2 unspecified atom stereocenters. The molecule has 0 radical (unpaired) electrons. The molecule has 0 saturated carbocycles. The first-order valence-corrected chi connectivity index (χ1v) is 7.17. The van der Waals surface area contributed by atoms with Gasteiger partial charge in [-0.05, 0) is 5.56 Å². The van der Waals surface area contributed by atoms with Gasteiger partial charge in [-0.3, -0.25) is 0 Å². The third-order valence-corrected chi connectivity index (χ3v) is 4.41. The molecule has 2 atom stereocenters. The van der Waals surface area contributed by atoms with Crippen LogP contribution in [0.3, 0.4) is 0 Å². The van der Waals surface area contributed by atoms with Gasteiger partial charge in [-0.15, -0.1) is 0 Å². The lowest BCUT2D eigenvalue weighted by Crippen LogP contribution is -2.39. The molecule has 1 heterocycles. The van der Waals surface area contributed by atoms with E-state index in [0.29, 0.717) is 12.0 Å². The van der Waals surface area contributed by atoms with Crippen LogP contribution in [0, 0.1) is 0 Å². The zero-order valence-corrected chi connectivity index (χ0v) is 12.2. The van der Waals surface area contributed by atoms with Gasteiger partial charge in [0.25, 0.3) is 0 Å². The van der Waals surface area contributed by atoms with Crippen LogP contribution in [0.4, 0.5) is 0 Å².